The first-order valence-corrected chi connectivity index (χ1v) is 10.1. The number of ether oxygens (including phenoxy) is 1. The monoisotopic (exact) mass is 354 g/mol. The Bertz CT molecular complexity index is 427. The van der Waals surface area contributed by atoms with E-state index in [1.54, 1.807) is 4.90 Å². The van der Waals surface area contributed by atoms with Crippen molar-refractivity contribution in [3.8, 4) is 0 Å². The third-order valence-corrected chi connectivity index (χ3v) is 6.06. The predicted octanol–water partition coefficient (Wildman–Crippen LogP) is 2.38. The van der Waals surface area contributed by atoms with E-state index in [1.807, 2.05) is 20.9 Å². The molecular weight excluding hydrogens is 316 g/mol. The highest BCUT2D eigenvalue weighted by atomic mass is 16.5. The minimum atomic E-state index is -0.565. The molecule has 0 aromatic rings. The first kappa shape index (κ1) is 20.7. The molecule has 0 aliphatic carbocycles. The van der Waals surface area contributed by atoms with E-state index in [-0.39, 0.29) is 11.3 Å². The number of piperidine rings is 1. The molecule has 0 saturated carbocycles. The summed E-state index contributed by atoms with van der Waals surface area (Å²) < 4.78 is 5.87. The smallest absolute Gasteiger partial charge is 0.222 e. The van der Waals surface area contributed by atoms with E-state index in [4.69, 9.17) is 4.74 Å². The van der Waals surface area contributed by atoms with Crippen LogP contribution >= 0.6 is 0 Å². The molecule has 25 heavy (non-hydrogen) atoms. The first-order valence-electron chi connectivity index (χ1n) is 10.1. The number of fused-ring (bicyclic) bond motifs is 1. The number of β-amino-alcohol motifs (C(OH)–C–C–N with tert-alkyl or cyclic N) is 1. The molecule has 2 aliphatic rings. The fraction of sp³-hybridized carbons (Fsp3) is 0.950. The van der Waals surface area contributed by atoms with Crippen LogP contribution in [-0.4, -0.2) is 73.4 Å². The summed E-state index contributed by atoms with van der Waals surface area (Å²) in [5.41, 5.74) is -0.340. The van der Waals surface area contributed by atoms with Crippen molar-refractivity contribution in [3.05, 3.63) is 0 Å². The summed E-state index contributed by atoms with van der Waals surface area (Å²) in [4.78, 5) is 17.0. The second-order valence-electron chi connectivity index (χ2n) is 8.79. The summed E-state index contributed by atoms with van der Waals surface area (Å²) in [5, 5.41) is 10.5. The maximum atomic E-state index is 12.7. The molecule has 0 aromatic heterocycles. The SMILES string of the molecule is CCCN1CC[C@H]2CC(=O)N(C)C[C@H](O)C(C)(C)COCCC[C@H]2C1. The number of aliphatic hydroxyl groups is 1. The lowest BCUT2D eigenvalue weighted by Gasteiger charge is -2.39. The molecule has 1 amide bonds. The van der Waals surface area contributed by atoms with Crippen molar-refractivity contribution in [2.75, 3.05) is 46.4 Å². The van der Waals surface area contributed by atoms with E-state index in [0.29, 0.717) is 31.4 Å². The molecular formula is C20H38N2O3. The molecule has 2 saturated heterocycles. The van der Waals surface area contributed by atoms with Crippen molar-refractivity contribution in [1.82, 2.24) is 9.80 Å². The number of rotatable bonds is 2. The molecule has 2 aliphatic heterocycles. The number of amides is 1. The van der Waals surface area contributed by atoms with Crippen LogP contribution in [0.4, 0.5) is 0 Å². The largest absolute Gasteiger partial charge is 0.391 e. The summed E-state index contributed by atoms with van der Waals surface area (Å²) >= 11 is 0. The standard InChI is InChI=1S/C20H38N2O3/c1-5-9-22-10-8-16-12-19(24)21(4)14-18(23)20(2,3)15-25-11-6-7-17(16)13-22/h16-18,23H,5-15H2,1-4H3/t16-,17-,18-/m0/s1. The summed E-state index contributed by atoms with van der Waals surface area (Å²) in [5.74, 6) is 1.22. The molecule has 0 unspecified atom stereocenters. The normalized spacial score (nSPS) is 33.1. The molecule has 0 spiro atoms. The van der Waals surface area contributed by atoms with Crippen molar-refractivity contribution in [1.29, 1.82) is 0 Å². The van der Waals surface area contributed by atoms with Crippen LogP contribution in [0.15, 0.2) is 0 Å². The number of hydrogen-bond acceptors (Lipinski definition) is 4. The topological polar surface area (TPSA) is 53.0 Å². The zero-order chi connectivity index (χ0) is 18.4. The molecule has 146 valence electrons. The minimum Gasteiger partial charge on any atom is -0.391 e. The van der Waals surface area contributed by atoms with E-state index >= 15 is 0 Å². The fourth-order valence-electron chi connectivity index (χ4n) is 4.14. The molecule has 0 aromatic carbocycles. The molecule has 2 rings (SSSR count). The number of nitrogens with zero attached hydrogens (tertiary/aromatic N) is 2. The molecule has 5 heteroatoms. The molecule has 0 radical (unpaired) electrons. The minimum absolute atomic E-state index is 0.175. The van der Waals surface area contributed by atoms with Crippen LogP contribution in [0.3, 0.4) is 0 Å². The Morgan fingerprint density at radius 3 is 2.72 bits per heavy atom. The maximum Gasteiger partial charge on any atom is 0.222 e. The Morgan fingerprint density at radius 1 is 1.24 bits per heavy atom. The van der Waals surface area contributed by atoms with Gasteiger partial charge in [0, 0.05) is 38.6 Å². The second kappa shape index (κ2) is 9.33. The Hall–Kier alpha value is -0.650. The van der Waals surface area contributed by atoms with E-state index in [9.17, 15) is 9.90 Å². The van der Waals surface area contributed by atoms with Gasteiger partial charge in [-0.05, 0) is 50.6 Å². The van der Waals surface area contributed by atoms with Crippen LogP contribution in [0.2, 0.25) is 0 Å². The quantitative estimate of drug-likeness (QED) is 0.827. The number of likely N-dealkylation sites (tertiary alicyclic amines) is 1. The Kier molecular flexibility index (Phi) is 7.71. The van der Waals surface area contributed by atoms with Gasteiger partial charge < -0.3 is 19.6 Å². The molecule has 5 nitrogen and oxygen atoms in total. The van der Waals surface area contributed by atoms with Crippen LogP contribution in [0.25, 0.3) is 0 Å². The maximum absolute atomic E-state index is 12.7. The van der Waals surface area contributed by atoms with Crippen LogP contribution in [0.1, 0.15) is 52.9 Å². The zero-order valence-corrected chi connectivity index (χ0v) is 16.7. The van der Waals surface area contributed by atoms with Crippen molar-refractivity contribution < 1.29 is 14.6 Å². The summed E-state index contributed by atoms with van der Waals surface area (Å²) in [7, 11) is 1.82. The van der Waals surface area contributed by atoms with Crippen LogP contribution < -0.4 is 0 Å². The van der Waals surface area contributed by atoms with E-state index < -0.39 is 6.10 Å². The highest BCUT2D eigenvalue weighted by molar-refractivity contribution is 5.76. The molecule has 0 bridgehead atoms. The number of carbonyl (C=O) groups excluding carboxylic acids is 1. The highest BCUT2D eigenvalue weighted by Crippen LogP contribution is 2.31. The van der Waals surface area contributed by atoms with Crippen molar-refractivity contribution in [2.24, 2.45) is 17.3 Å². The Labute approximate surface area is 153 Å². The van der Waals surface area contributed by atoms with Gasteiger partial charge in [-0.3, -0.25) is 4.79 Å². The number of likely N-dealkylation sites (N-methyl/N-ethyl adjacent to an activating group) is 1. The lowest BCUT2D eigenvalue weighted by atomic mass is 9.80. The van der Waals surface area contributed by atoms with E-state index in [2.05, 4.69) is 11.8 Å². The van der Waals surface area contributed by atoms with Crippen molar-refractivity contribution >= 4 is 5.91 Å². The van der Waals surface area contributed by atoms with Gasteiger partial charge in [0.25, 0.3) is 0 Å². The average Bonchev–Trinajstić information content (AvgIpc) is 2.56. The van der Waals surface area contributed by atoms with Gasteiger partial charge in [0.1, 0.15) is 0 Å². The Morgan fingerprint density at radius 2 is 2.00 bits per heavy atom. The van der Waals surface area contributed by atoms with Gasteiger partial charge in [-0.15, -0.1) is 0 Å². The predicted molar refractivity (Wildman–Crippen MR) is 100 cm³/mol. The van der Waals surface area contributed by atoms with Crippen LogP contribution in [0.5, 0.6) is 0 Å². The Balaban J connectivity index is 2.06. The molecule has 1 N–H and O–H groups in total. The lowest BCUT2D eigenvalue weighted by molar-refractivity contribution is -0.134. The third-order valence-electron chi connectivity index (χ3n) is 6.06. The average molecular weight is 355 g/mol. The summed E-state index contributed by atoms with van der Waals surface area (Å²) in [6.07, 6.45) is 4.52. The van der Waals surface area contributed by atoms with Gasteiger partial charge in [0.15, 0.2) is 0 Å². The van der Waals surface area contributed by atoms with Gasteiger partial charge in [-0.25, -0.2) is 0 Å². The zero-order valence-electron chi connectivity index (χ0n) is 16.7. The fourth-order valence-corrected chi connectivity index (χ4v) is 4.14. The van der Waals surface area contributed by atoms with Gasteiger partial charge in [0.2, 0.25) is 5.91 Å². The number of carbonyl (C=O) groups is 1. The van der Waals surface area contributed by atoms with E-state index in [0.717, 1.165) is 45.5 Å². The second-order valence-corrected chi connectivity index (χ2v) is 8.79. The summed E-state index contributed by atoms with van der Waals surface area (Å²) in [6.45, 7) is 11.3. The van der Waals surface area contributed by atoms with Crippen molar-refractivity contribution in [2.45, 2.75) is 59.0 Å². The molecule has 2 fully saturated rings. The lowest BCUT2D eigenvalue weighted by Crippen LogP contribution is -2.45. The molecule has 3 atom stereocenters. The number of aliphatic hydroxyl groups excluding tert-OH is 1. The van der Waals surface area contributed by atoms with Crippen molar-refractivity contribution in [3.63, 3.8) is 0 Å². The summed E-state index contributed by atoms with van der Waals surface area (Å²) in [6, 6.07) is 0. The number of hydrogen-bond donors (Lipinski definition) is 1. The van der Waals surface area contributed by atoms with Crippen LogP contribution in [0, 0.1) is 17.3 Å². The highest BCUT2D eigenvalue weighted by Gasteiger charge is 2.34. The molecule has 2 heterocycles. The van der Waals surface area contributed by atoms with Gasteiger partial charge >= 0.3 is 0 Å². The third kappa shape index (κ3) is 5.93. The van der Waals surface area contributed by atoms with Gasteiger partial charge in [-0.2, -0.15) is 0 Å². The van der Waals surface area contributed by atoms with Gasteiger partial charge in [0.05, 0.1) is 12.7 Å². The van der Waals surface area contributed by atoms with Crippen LogP contribution in [-0.2, 0) is 9.53 Å². The van der Waals surface area contributed by atoms with Gasteiger partial charge in [-0.1, -0.05) is 20.8 Å². The van der Waals surface area contributed by atoms with E-state index in [1.165, 1.54) is 6.42 Å². The first-order chi connectivity index (χ1) is 11.8.